The van der Waals surface area contributed by atoms with Gasteiger partial charge < -0.3 is 9.67 Å². The molecule has 3 aromatic heterocycles. The van der Waals surface area contributed by atoms with Gasteiger partial charge in [-0.05, 0) is 24.3 Å². The highest BCUT2D eigenvalue weighted by molar-refractivity contribution is 5.76. The van der Waals surface area contributed by atoms with Crippen LogP contribution < -0.4 is 0 Å². The van der Waals surface area contributed by atoms with E-state index in [1.807, 2.05) is 34.9 Å². The number of aromatic nitrogens is 4. The molecule has 0 unspecified atom stereocenters. The number of nitrogens with zero attached hydrogens (tertiary/aromatic N) is 4. The fourth-order valence-corrected chi connectivity index (χ4v) is 1.96. The number of fused-ring (bicyclic) bond motifs is 1. The van der Waals surface area contributed by atoms with Gasteiger partial charge >= 0.3 is 0 Å². The van der Waals surface area contributed by atoms with Crippen LogP contribution in [0.1, 0.15) is 0 Å². The third-order valence-electron chi connectivity index (χ3n) is 2.72. The lowest BCUT2D eigenvalue weighted by Crippen LogP contribution is -2.05. The molecule has 0 aromatic carbocycles. The monoisotopic (exact) mass is 240 g/mol. The van der Waals surface area contributed by atoms with Crippen LogP contribution in [0.5, 0.6) is 0 Å². The molecule has 0 aliphatic carbocycles. The Bertz CT molecular complexity index is 663. The predicted octanol–water partition coefficient (Wildman–Crippen LogP) is 1.49. The fraction of sp³-hybridized carbons (Fsp3) is 0.154. The van der Waals surface area contributed by atoms with Crippen LogP contribution in [0, 0.1) is 0 Å². The highest BCUT2D eigenvalue weighted by Crippen LogP contribution is 2.21. The number of imidazole rings is 1. The lowest BCUT2D eigenvalue weighted by atomic mass is 10.3. The third kappa shape index (κ3) is 1.74. The van der Waals surface area contributed by atoms with Crippen molar-refractivity contribution in [2.24, 2.45) is 0 Å². The maximum atomic E-state index is 9.17. The molecule has 0 aliphatic heterocycles. The first-order valence-electron chi connectivity index (χ1n) is 5.73. The SMILES string of the molecule is OCCn1c(-c2ccccn2)nc2cccnc21. The van der Waals surface area contributed by atoms with Crippen molar-refractivity contribution in [3.05, 3.63) is 42.7 Å². The maximum absolute atomic E-state index is 9.17. The Morgan fingerprint density at radius 3 is 2.72 bits per heavy atom. The molecule has 3 heterocycles. The zero-order valence-corrected chi connectivity index (χ0v) is 9.69. The second kappa shape index (κ2) is 4.54. The number of hydrogen-bond donors (Lipinski definition) is 1. The molecular weight excluding hydrogens is 228 g/mol. The Balaban J connectivity index is 2.25. The number of aliphatic hydroxyl groups is 1. The average molecular weight is 240 g/mol. The highest BCUT2D eigenvalue weighted by atomic mass is 16.3. The molecular formula is C13H12N4O. The van der Waals surface area contributed by atoms with E-state index in [1.165, 1.54) is 0 Å². The summed E-state index contributed by atoms with van der Waals surface area (Å²) in [7, 11) is 0. The van der Waals surface area contributed by atoms with Crippen molar-refractivity contribution in [3.63, 3.8) is 0 Å². The van der Waals surface area contributed by atoms with Crippen LogP contribution in [0.3, 0.4) is 0 Å². The van der Waals surface area contributed by atoms with Gasteiger partial charge in [-0.1, -0.05) is 6.07 Å². The topological polar surface area (TPSA) is 63.8 Å². The van der Waals surface area contributed by atoms with E-state index in [2.05, 4.69) is 15.0 Å². The average Bonchev–Trinajstić information content (AvgIpc) is 2.80. The lowest BCUT2D eigenvalue weighted by molar-refractivity contribution is 0.278. The summed E-state index contributed by atoms with van der Waals surface area (Å²) >= 11 is 0. The Morgan fingerprint density at radius 2 is 1.94 bits per heavy atom. The van der Waals surface area contributed by atoms with Crippen molar-refractivity contribution in [3.8, 4) is 11.5 Å². The van der Waals surface area contributed by atoms with Gasteiger partial charge in [0.25, 0.3) is 0 Å². The van der Waals surface area contributed by atoms with Gasteiger partial charge in [-0.25, -0.2) is 9.97 Å². The third-order valence-corrected chi connectivity index (χ3v) is 2.72. The lowest BCUT2D eigenvalue weighted by Gasteiger charge is -2.05. The van der Waals surface area contributed by atoms with Crippen molar-refractivity contribution in [1.82, 2.24) is 19.5 Å². The quantitative estimate of drug-likeness (QED) is 0.753. The minimum absolute atomic E-state index is 0.0435. The summed E-state index contributed by atoms with van der Waals surface area (Å²) in [4.78, 5) is 13.1. The largest absolute Gasteiger partial charge is 0.395 e. The molecule has 0 fully saturated rings. The minimum atomic E-state index is 0.0435. The fourth-order valence-electron chi connectivity index (χ4n) is 1.96. The molecule has 0 bridgehead atoms. The van der Waals surface area contributed by atoms with E-state index in [0.29, 0.717) is 6.54 Å². The highest BCUT2D eigenvalue weighted by Gasteiger charge is 2.13. The molecule has 0 spiro atoms. The van der Waals surface area contributed by atoms with Crippen molar-refractivity contribution < 1.29 is 5.11 Å². The van der Waals surface area contributed by atoms with Gasteiger partial charge in [0, 0.05) is 18.9 Å². The number of aliphatic hydroxyl groups excluding tert-OH is 1. The Kier molecular flexibility index (Phi) is 2.74. The molecule has 0 saturated carbocycles. The molecule has 0 aliphatic rings. The zero-order chi connectivity index (χ0) is 12.4. The van der Waals surface area contributed by atoms with Gasteiger partial charge in [-0.3, -0.25) is 4.98 Å². The van der Waals surface area contributed by atoms with Crippen LogP contribution in [0.4, 0.5) is 0 Å². The summed E-state index contributed by atoms with van der Waals surface area (Å²) < 4.78 is 1.89. The molecule has 90 valence electrons. The van der Waals surface area contributed by atoms with Gasteiger partial charge in [-0.15, -0.1) is 0 Å². The number of pyridine rings is 2. The molecule has 0 radical (unpaired) electrons. The number of hydrogen-bond acceptors (Lipinski definition) is 4. The predicted molar refractivity (Wildman–Crippen MR) is 67.8 cm³/mol. The Hall–Kier alpha value is -2.27. The Morgan fingerprint density at radius 1 is 1.06 bits per heavy atom. The first-order valence-corrected chi connectivity index (χ1v) is 5.73. The van der Waals surface area contributed by atoms with Crippen LogP contribution >= 0.6 is 0 Å². The molecule has 1 N–H and O–H groups in total. The van der Waals surface area contributed by atoms with E-state index in [1.54, 1.807) is 12.4 Å². The first-order chi connectivity index (χ1) is 8.90. The van der Waals surface area contributed by atoms with Crippen molar-refractivity contribution >= 4 is 11.2 Å². The summed E-state index contributed by atoms with van der Waals surface area (Å²) in [5.41, 5.74) is 2.36. The molecule has 3 aromatic rings. The molecule has 0 saturated heterocycles. The van der Waals surface area contributed by atoms with Gasteiger partial charge in [0.15, 0.2) is 11.5 Å². The summed E-state index contributed by atoms with van der Waals surface area (Å²) in [5, 5.41) is 9.17. The summed E-state index contributed by atoms with van der Waals surface area (Å²) in [6.45, 7) is 0.501. The van der Waals surface area contributed by atoms with Crippen LogP contribution in [0.15, 0.2) is 42.7 Å². The van der Waals surface area contributed by atoms with Crippen LogP contribution in [0.25, 0.3) is 22.7 Å². The van der Waals surface area contributed by atoms with Crippen LogP contribution in [0.2, 0.25) is 0 Å². The molecule has 3 rings (SSSR count). The van der Waals surface area contributed by atoms with Crippen molar-refractivity contribution in [2.75, 3.05) is 6.61 Å². The van der Waals surface area contributed by atoms with E-state index in [-0.39, 0.29) is 6.61 Å². The molecule has 5 nitrogen and oxygen atoms in total. The van der Waals surface area contributed by atoms with Crippen LogP contribution in [-0.2, 0) is 6.54 Å². The van der Waals surface area contributed by atoms with Crippen molar-refractivity contribution in [2.45, 2.75) is 6.54 Å². The summed E-state index contributed by atoms with van der Waals surface area (Å²) in [6.07, 6.45) is 3.45. The van der Waals surface area contributed by atoms with E-state index < -0.39 is 0 Å². The maximum Gasteiger partial charge on any atom is 0.161 e. The Labute approximate surface area is 104 Å². The van der Waals surface area contributed by atoms with Crippen LogP contribution in [-0.4, -0.2) is 31.2 Å². The minimum Gasteiger partial charge on any atom is -0.395 e. The normalized spacial score (nSPS) is 10.9. The zero-order valence-electron chi connectivity index (χ0n) is 9.69. The standard InChI is InChI=1S/C13H12N4O/c18-9-8-17-12-11(5-3-7-15-12)16-13(17)10-4-1-2-6-14-10/h1-7,18H,8-9H2. The smallest absolute Gasteiger partial charge is 0.161 e. The number of rotatable bonds is 3. The van der Waals surface area contributed by atoms with Gasteiger partial charge in [0.2, 0.25) is 0 Å². The van der Waals surface area contributed by atoms with E-state index in [9.17, 15) is 5.11 Å². The van der Waals surface area contributed by atoms with Gasteiger partial charge in [0.05, 0.1) is 6.61 Å². The van der Waals surface area contributed by atoms with E-state index >= 15 is 0 Å². The van der Waals surface area contributed by atoms with Gasteiger partial charge in [-0.2, -0.15) is 0 Å². The summed E-state index contributed by atoms with van der Waals surface area (Å²) in [5.74, 6) is 0.735. The molecule has 5 heteroatoms. The van der Waals surface area contributed by atoms with E-state index in [0.717, 1.165) is 22.7 Å². The first kappa shape index (κ1) is 10.9. The van der Waals surface area contributed by atoms with Crippen molar-refractivity contribution in [1.29, 1.82) is 0 Å². The van der Waals surface area contributed by atoms with Gasteiger partial charge in [0.1, 0.15) is 11.2 Å². The summed E-state index contributed by atoms with van der Waals surface area (Å²) in [6, 6.07) is 9.43. The second-order valence-corrected chi connectivity index (χ2v) is 3.87. The second-order valence-electron chi connectivity index (χ2n) is 3.87. The molecule has 18 heavy (non-hydrogen) atoms. The molecule has 0 amide bonds. The van der Waals surface area contributed by atoms with E-state index in [4.69, 9.17) is 0 Å². The molecule has 0 atom stereocenters.